The third-order valence-electron chi connectivity index (χ3n) is 12.5. The van der Waals surface area contributed by atoms with Crippen LogP contribution in [0.2, 0.25) is 0 Å². The number of ether oxygens (including phenoxy) is 4. The number of benzene rings is 1. The standard InChI is InChI=1S/C53H87N15O18S2/c1-31(69)46(41(73)26-59-12-14-84-16-18-86-20-19-85-17-15-83-13-10-35(71)22-34(23-42(56)74)40(72)24-54)68-51(81)39-30-88-87-29-38(63-44(76)27-61-43(75)25-55)50(80)64-36(9-6-11-60-53(57)58)49(79)65-37(21-33-7-4-3-5-8-33)48(78)62-28-45(77)67-47(32(2)70)52(82)66-39/h3-5,7-8,31-32,34,36-39,46-47,59,69-70H,6,9-30,54-55H2,1-2H3,(H2,56,74)(H,61,75)(H,62,78)(H,63,76)(H,64,80)(H,65,79)(H,66,82)(H,67,77)(H,68,81)(H4,57,58,60)/t31-,32-,34+,36+,37+,38+,39+,46+,47+/m1/s1. The van der Waals surface area contributed by atoms with Gasteiger partial charge >= 0.3 is 0 Å². The molecular formula is C53H87N15O18S2. The Hall–Kier alpha value is -6.93. The molecule has 1 aliphatic heterocycles. The van der Waals surface area contributed by atoms with Crippen LogP contribution in [-0.4, -0.2) is 245 Å². The van der Waals surface area contributed by atoms with Gasteiger partial charge in [-0.05, 0) is 32.3 Å². The number of carbonyl (C=O) groups is 12. The molecule has 88 heavy (non-hydrogen) atoms. The summed E-state index contributed by atoms with van der Waals surface area (Å²) >= 11 is 0. The van der Waals surface area contributed by atoms with E-state index in [2.05, 4.69) is 52.8 Å². The normalized spacial score (nSPS) is 19.5. The molecule has 2 rings (SSSR count). The lowest BCUT2D eigenvalue weighted by Gasteiger charge is -2.28. The van der Waals surface area contributed by atoms with Crippen molar-refractivity contribution >= 4 is 98.1 Å². The molecule has 1 saturated heterocycles. The van der Waals surface area contributed by atoms with Gasteiger partial charge in [0.2, 0.25) is 53.2 Å². The average molecular weight is 1290 g/mol. The summed E-state index contributed by atoms with van der Waals surface area (Å²) in [5.41, 5.74) is 27.5. The van der Waals surface area contributed by atoms with E-state index in [0.717, 1.165) is 21.6 Å². The summed E-state index contributed by atoms with van der Waals surface area (Å²) in [6.45, 7) is 1.66. The number of rotatable bonds is 38. The molecule has 1 aromatic rings. The lowest BCUT2D eigenvalue weighted by atomic mass is 9.93. The predicted molar refractivity (Wildman–Crippen MR) is 322 cm³/mol. The van der Waals surface area contributed by atoms with Gasteiger partial charge in [-0.3, -0.25) is 62.5 Å². The van der Waals surface area contributed by atoms with Crippen molar-refractivity contribution in [2.45, 2.75) is 101 Å². The third-order valence-corrected chi connectivity index (χ3v) is 15.0. The lowest BCUT2D eigenvalue weighted by molar-refractivity contribution is -0.135. The van der Waals surface area contributed by atoms with E-state index in [-0.39, 0.29) is 141 Å². The molecule has 9 amide bonds. The summed E-state index contributed by atoms with van der Waals surface area (Å²) < 4.78 is 21.9. The molecule has 9 atom stereocenters. The molecule has 35 heteroatoms. The Bertz CT molecular complexity index is 2450. The van der Waals surface area contributed by atoms with Crippen LogP contribution >= 0.6 is 21.6 Å². The molecule has 1 aliphatic rings. The third kappa shape index (κ3) is 33.4. The summed E-state index contributed by atoms with van der Waals surface area (Å²) in [7, 11) is 1.81. The molecule has 0 aliphatic carbocycles. The van der Waals surface area contributed by atoms with Crippen LogP contribution in [0.4, 0.5) is 0 Å². The van der Waals surface area contributed by atoms with E-state index in [0.29, 0.717) is 5.56 Å². The van der Waals surface area contributed by atoms with Gasteiger partial charge < -0.3 is 106 Å². The van der Waals surface area contributed by atoms with Gasteiger partial charge in [0.15, 0.2) is 11.7 Å². The Morgan fingerprint density at radius 1 is 0.705 bits per heavy atom. The number of aliphatic imine (C=N–C) groups is 1. The first-order chi connectivity index (χ1) is 41.9. The maximum absolute atomic E-state index is 14.2. The van der Waals surface area contributed by atoms with Crippen LogP contribution in [0, 0.1) is 5.92 Å². The average Bonchev–Trinajstić information content (AvgIpc) is 3.66. The Morgan fingerprint density at radius 3 is 1.93 bits per heavy atom. The monoisotopic (exact) mass is 1290 g/mol. The highest BCUT2D eigenvalue weighted by Gasteiger charge is 2.35. The maximum Gasteiger partial charge on any atom is 0.245 e. The number of ketones is 3. The van der Waals surface area contributed by atoms with Gasteiger partial charge in [0, 0.05) is 56.2 Å². The van der Waals surface area contributed by atoms with Crippen molar-refractivity contribution < 1.29 is 86.7 Å². The molecule has 0 bridgehead atoms. The van der Waals surface area contributed by atoms with E-state index >= 15 is 0 Å². The van der Waals surface area contributed by atoms with Gasteiger partial charge in [-0.1, -0.05) is 51.9 Å². The summed E-state index contributed by atoms with van der Waals surface area (Å²) in [5, 5.41) is 44.0. The number of aliphatic hydroxyl groups excluding tert-OH is 2. The predicted octanol–water partition coefficient (Wildman–Crippen LogP) is -7.87. The number of carbonyl (C=O) groups excluding carboxylic acids is 12. The Morgan fingerprint density at radius 2 is 1.33 bits per heavy atom. The molecule has 1 aromatic carbocycles. The van der Waals surface area contributed by atoms with Gasteiger partial charge in [-0.2, -0.15) is 0 Å². The van der Waals surface area contributed by atoms with Crippen LogP contribution in [0.5, 0.6) is 0 Å². The molecule has 494 valence electrons. The maximum atomic E-state index is 14.2. The van der Waals surface area contributed by atoms with Crippen molar-refractivity contribution in [1.29, 1.82) is 0 Å². The second kappa shape index (κ2) is 44.5. The zero-order chi connectivity index (χ0) is 65.4. The van der Waals surface area contributed by atoms with Crippen LogP contribution in [0.1, 0.15) is 51.5 Å². The van der Waals surface area contributed by atoms with Gasteiger partial charge in [0.05, 0.1) is 97.8 Å². The molecular weight excluding hydrogens is 1200 g/mol. The van der Waals surface area contributed by atoms with E-state index in [1.165, 1.54) is 13.8 Å². The minimum atomic E-state index is -1.73. The molecule has 1 heterocycles. The zero-order valence-electron chi connectivity index (χ0n) is 49.4. The number of Topliss-reactive ketones (excluding diaryl/α,β-unsaturated/α-hetero) is 3. The molecule has 0 spiro atoms. The Kier molecular flexibility index (Phi) is 39.0. The number of aliphatic hydroxyl groups is 2. The molecule has 21 N–H and O–H groups in total. The van der Waals surface area contributed by atoms with Crippen LogP contribution in [-0.2, 0) is 82.9 Å². The zero-order valence-corrected chi connectivity index (χ0v) is 51.1. The van der Waals surface area contributed by atoms with Crippen molar-refractivity contribution in [3.05, 3.63) is 35.9 Å². The van der Waals surface area contributed by atoms with Crippen molar-refractivity contribution in [3.8, 4) is 0 Å². The number of amides is 9. The highest BCUT2D eigenvalue weighted by Crippen LogP contribution is 2.24. The molecule has 1 fully saturated rings. The highest BCUT2D eigenvalue weighted by molar-refractivity contribution is 8.76. The Labute approximate surface area is 517 Å². The summed E-state index contributed by atoms with van der Waals surface area (Å²) in [5.74, 6) is -10.9. The number of hydrogen-bond donors (Lipinski definition) is 16. The van der Waals surface area contributed by atoms with Crippen LogP contribution < -0.4 is 76.5 Å². The molecule has 0 unspecified atom stereocenters. The lowest BCUT2D eigenvalue weighted by Crippen LogP contribution is -2.61. The minimum absolute atomic E-state index is 0.0265. The first-order valence-electron chi connectivity index (χ1n) is 28.3. The number of hydrogen-bond acceptors (Lipinski definition) is 24. The van der Waals surface area contributed by atoms with Crippen molar-refractivity contribution in [2.24, 2.45) is 39.6 Å². The first kappa shape index (κ1) is 77.2. The quantitative estimate of drug-likeness (QED) is 0.0127. The van der Waals surface area contributed by atoms with E-state index in [9.17, 15) is 67.7 Å². The first-order valence-corrected chi connectivity index (χ1v) is 30.8. The summed E-state index contributed by atoms with van der Waals surface area (Å²) in [6, 6.07) is -0.572. The van der Waals surface area contributed by atoms with Gasteiger partial charge in [0.1, 0.15) is 47.8 Å². The smallest absolute Gasteiger partial charge is 0.245 e. The van der Waals surface area contributed by atoms with E-state index < -0.39 is 139 Å². The molecule has 0 aromatic heterocycles. The van der Waals surface area contributed by atoms with Crippen molar-refractivity contribution in [1.82, 2.24) is 47.9 Å². The van der Waals surface area contributed by atoms with Crippen molar-refractivity contribution in [2.75, 3.05) is 110 Å². The fourth-order valence-electron chi connectivity index (χ4n) is 7.88. The van der Waals surface area contributed by atoms with Crippen LogP contribution in [0.15, 0.2) is 35.3 Å². The van der Waals surface area contributed by atoms with Gasteiger partial charge in [-0.15, -0.1) is 0 Å². The van der Waals surface area contributed by atoms with E-state index in [1.807, 2.05) is 0 Å². The van der Waals surface area contributed by atoms with Crippen molar-refractivity contribution in [3.63, 3.8) is 0 Å². The largest absolute Gasteiger partial charge is 0.391 e. The second-order valence-electron chi connectivity index (χ2n) is 19.8. The fourth-order valence-corrected chi connectivity index (χ4v) is 10.2. The van der Waals surface area contributed by atoms with Crippen LogP contribution in [0.25, 0.3) is 0 Å². The minimum Gasteiger partial charge on any atom is -0.391 e. The van der Waals surface area contributed by atoms with E-state index in [1.54, 1.807) is 30.3 Å². The highest BCUT2D eigenvalue weighted by atomic mass is 33.1. The van der Waals surface area contributed by atoms with Gasteiger partial charge in [-0.25, -0.2) is 0 Å². The van der Waals surface area contributed by atoms with Gasteiger partial charge in [0.25, 0.3) is 0 Å². The van der Waals surface area contributed by atoms with E-state index in [4.69, 9.17) is 47.6 Å². The number of guanidine groups is 1. The summed E-state index contributed by atoms with van der Waals surface area (Å²) in [6.07, 6.45) is -3.50. The molecule has 0 saturated carbocycles. The summed E-state index contributed by atoms with van der Waals surface area (Å²) in [4.78, 5) is 161. The van der Waals surface area contributed by atoms with Crippen LogP contribution in [0.3, 0.4) is 0 Å². The Balaban J connectivity index is 2.15. The number of nitrogens with two attached hydrogens (primary N) is 5. The number of nitrogens with zero attached hydrogens (tertiary/aromatic N) is 1. The SMILES string of the molecule is C[C@@H](O)[C@H](NC(=O)[C@@H]1CSSC[C@H](NC(=O)CNC(=O)CN)C(=O)N[C@@H](CCCN=C(N)N)C(=O)N[C@@H](Cc2ccccc2)C(=O)NCC(=O)N[C@@H]([C@@H](C)O)C(=O)N1)C(=O)CNCCOCCOCCOCCOCCC(=O)C[C@@H](CC(N)=O)C(=O)CN. The topological polar surface area (TPSA) is 533 Å². The molecule has 33 nitrogen and oxygen atoms in total. The fraction of sp³-hybridized carbons (Fsp3) is 0.642. The second-order valence-corrected chi connectivity index (χ2v) is 22.4. The molecule has 0 radical (unpaired) electrons. The number of nitrogens with one attached hydrogen (secondary N) is 9. The number of primary amides is 1.